The van der Waals surface area contributed by atoms with Gasteiger partial charge in [0.05, 0.1) is 5.52 Å². The van der Waals surface area contributed by atoms with E-state index < -0.39 is 5.97 Å². The Morgan fingerprint density at radius 2 is 2.00 bits per heavy atom. The van der Waals surface area contributed by atoms with Crippen LogP contribution in [0.5, 0.6) is 0 Å². The van der Waals surface area contributed by atoms with Crippen LogP contribution in [0.2, 0.25) is 0 Å². The number of hydrogen-bond donors (Lipinski definition) is 2. The Labute approximate surface area is 123 Å². The first-order chi connectivity index (χ1) is 10.1. The van der Waals surface area contributed by atoms with Crippen molar-refractivity contribution in [3.63, 3.8) is 0 Å². The number of benzene rings is 1. The Balaban J connectivity index is 2.30. The van der Waals surface area contributed by atoms with Gasteiger partial charge in [0.25, 0.3) is 0 Å². The van der Waals surface area contributed by atoms with Gasteiger partial charge in [-0.25, -0.2) is 9.78 Å². The van der Waals surface area contributed by atoms with E-state index in [1.54, 1.807) is 6.07 Å². The number of aromatic nitrogens is 1. The third-order valence-corrected chi connectivity index (χ3v) is 3.48. The molecule has 0 aliphatic rings. The Kier molecular flexibility index (Phi) is 5.11. The van der Waals surface area contributed by atoms with E-state index in [4.69, 9.17) is 5.11 Å². The van der Waals surface area contributed by atoms with E-state index in [1.165, 1.54) is 0 Å². The van der Waals surface area contributed by atoms with Crippen LogP contribution in [-0.2, 0) is 0 Å². The molecule has 0 unspecified atom stereocenters. The summed E-state index contributed by atoms with van der Waals surface area (Å²) < 4.78 is 0. The molecular formula is C16H20N2O3. The maximum atomic E-state index is 11.2. The zero-order valence-electron chi connectivity index (χ0n) is 12.1. The minimum absolute atomic E-state index is 0.0610. The molecule has 5 nitrogen and oxygen atoms in total. The van der Waals surface area contributed by atoms with E-state index >= 15 is 0 Å². The van der Waals surface area contributed by atoms with Crippen LogP contribution < -0.4 is 4.90 Å². The number of fused-ring (bicyclic) bond motifs is 1. The summed E-state index contributed by atoms with van der Waals surface area (Å²) in [6, 6.07) is 9.18. The summed E-state index contributed by atoms with van der Waals surface area (Å²) in [6.07, 6.45) is 2.71. The Morgan fingerprint density at radius 1 is 1.24 bits per heavy atom. The van der Waals surface area contributed by atoms with Gasteiger partial charge in [-0.15, -0.1) is 0 Å². The molecule has 2 aromatic rings. The third-order valence-electron chi connectivity index (χ3n) is 3.48. The monoisotopic (exact) mass is 288 g/mol. The molecule has 5 heteroatoms. The molecule has 1 heterocycles. The minimum atomic E-state index is -1.02. The Morgan fingerprint density at radius 3 is 2.71 bits per heavy atom. The molecule has 0 amide bonds. The fourth-order valence-corrected chi connectivity index (χ4v) is 2.34. The number of para-hydroxylation sites is 1. The molecule has 0 radical (unpaired) electrons. The average molecular weight is 288 g/mol. The highest BCUT2D eigenvalue weighted by molar-refractivity contribution is 5.97. The van der Waals surface area contributed by atoms with Crippen LogP contribution in [0.15, 0.2) is 30.3 Å². The van der Waals surface area contributed by atoms with Crippen molar-refractivity contribution in [3.8, 4) is 0 Å². The third kappa shape index (κ3) is 3.70. The second-order valence-corrected chi connectivity index (χ2v) is 5.05. The molecule has 0 saturated carbocycles. The van der Waals surface area contributed by atoms with Gasteiger partial charge in [0.1, 0.15) is 0 Å². The molecule has 2 N–H and O–H groups in total. The number of aliphatic hydroxyl groups excluding tert-OH is 1. The first kappa shape index (κ1) is 15.3. The second kappa shape index (κ2) is 7.04. The zero-order chi connectivity index (χ0) is 15.2. The van der Waals surface area contributed by atoms with Crippen molar-refractivity contribution in [1.29, 1.82) is 0 Å². The quantitative estimate of drug-likeness (QED) is 0.766. The number of carbonyl (C=O) groups is 1. The number of nitrogens with zero attached hydrogens (tertiary/aromatic N) is 2. The van der Waals surface area contributed by atoms with Gasteiger partial charge in [-0.05, 0) is 31.4 Å². The molecule has 0 aliphatic heterocycles. The van der Waals surface area contributed by atoms with Crippen molar-refractivity contribution in [1.82, 2.24) is 4.98 Å². The van der Waals surface area contributed by atoms with Gasteiger partial charge in [0, 0.05) is 31.3 Å². The molecular weight excluding hydrogens is 268 g/mol. The van der Waals surface area contributed by atoms with Crippen molar-refractivity contribution >= 4 is 22.6 Å². The predicted molar refractivity (Wildman–Crippen MR) is 82.9 cm³/mol. The fraction of sp³-hybridized carbons (Fsp3) is 0.375. The number of carboxylic acid groups (broad SMARTS) is 1. The number of rotatable bonds is 7. The number of aromatic carboxylic acids is 1. The lowest BCUT2D eigenvalue weighted by atomic mass is 10.1. The number of aliphatic hydroxyl groups is 1. The first-order valence-electron chi connectivity index (χ1n) is 7.08. The highest BCUT2D eigenvalue weighted by Crippen LogP contribution is 2.26. The van der Waals surface area contributed by atoms with Crippen molar-refractivity contribution in [3.05, 3.63) is 36.0 Å². The summed E-state index contributed by atoms with van der Waals surface area (Å²) >= 11 is 0. The van der Waals surface area contributed by atoms with Crippen molar-refractivity contribution < 1.29 is 15.0 Å². The standard InChI is InChI=1S/C16H20N2O3/c1-18(9-5-2-6-10-19)15-11-14(16(20)21)17-13-8-4-3-7-12(13)15/h3-4,7-8,11,19H,2,5-6,9-10H2,1H3,(H,20,21). The molecule has 112 valence electrons. The fourth-order valence-electron chi connectivity index (χ4n) is 2.34. The average Bonchev–Trinajstić information content (AvgIpc) is 2.50. The molecule has 1 aromatic heterocycles. The van der Waals surface area contributed by atoms with Crippen LogP contribution in [0.3, 0.4) is 0 Å². The molecule has 21 heavy (non-hydrogen) atoms. The number of pyridine rings is 1. The van der Waals surface area contributed by atoms with Crippen LogP contribution in [0.1, 0.15) is 29.8 Å². The van der Waals surface area contributed by atoms with E-state index in [0.29, 0.717) is 5.52 Å². The molecule has 0 fully saturated rings. The normalized spacial score (nSPS) is 10.8. The van der Waals surface area contributed by atoms with E-state index in [2.05, 4.69) is 4.98 Å². The summed E-state index contributed by atoms with van der Waals surface area (Å²) in [5.74, 6) is -1.02. The number of unbranched alkanes of at least 4 members (excludes halogenated alkanes) is 2. The maximum Gasteiger partial charge on any atom is 0.354 e. The van der Waals surface area contributed by atoms with Crippen molar-refractivity contribution in [2.75, 3.05) is 25.1 Å². The minimum Gasteiger partial charge on any atom is -0.477 e. The van der Waals surface area contributed by atoms with Crippen LogP contribution in [0.25, 0.3) is 10.9 Å². The molecule has 0 saturated heterocycles. The predicted octanol–water partition coefficient (Wildman–Crippen LogP) is 2.53. The summed E-state index contributed by atoms with van der Waals surface area (Å²) in [6.45, 7) is 1.03. The van der Waals surface area contributed by atoms with E-state index in [-0.39, 0.29) is 12.3 Å². The number of hydrogen-bond acceptors (Lipinski definition) is 4. The van der Waals surface area contributed by atoms with Crippen LogP contribution >= 0.6 is 0 Å². The summed E-state index contributed by atoms with van der Waals surface area (Å²) in [4.78, 5) is 17.4. The van der Waals surface area contributed by atoms with Gasteiger partial charge in [-0.2, -0.15) is 0 Å². The lowest BCUT2D eigenvalue weighted by Crippen LogP contribution is -2.19. The second-order valence-electron chi connectivity index (χ2n) is 5.05. The molecule has 2 rings (SSSR count). The SMILES string of the molecule is CN(CCCCCO)c1cc(C(=O)O)nc2ccccc12. The largest absolute Gasteiger partial charge is 0.477 e. The van der Waals surface area contributed by atoms with E-state index in [1.807, 2.05) is 36.2 Å². The van der Waals surface area contributed by atoms with Gasteiger partial charge in [0.15, 0.2) is 5.69 Å². The molecule has 0 aliphatic carbocycles. The zero-order valence-corrected chi connectivity index (χ0v) is 12.1. The number of carboxylic acids is 1. The van der Waals surface area contributed by atoms with Crippen LogP contribution in [0, 0.1) is 0 Å². The van der Waals surface area contributed by atoms with Gasteiger partial charge >= 0.3 is 5.97 Å². The summed E-state index contributed by atoms with van der Waals surface area (Å²) in [5.41, 5.74) is 1.63. The van der Waals surface area contributed by atoms with Crippen molar-refractivity contribution in [2.24, 2.45) is 0 Å². The van der Waals surface area contributed by atoms with Crippen LogP contribution in [-0.4, -0.2) is 41.4 Å². The lowest BCUT2D eigenvalue weighted by Gasteiger charge is -2.21. The van der Waals surface area contributed by atoms with Gasteiger partial charge in [-0.1, -0.05) is 18.2 Å². The number of anilines is 1. The van der Waals surface area contributed by atoms with E-state index in [9.17, 15) is 9.90 Å². The van der Waals surface area contributed by atoms with Gasteiger partial charge in [-0.3, -0.25) is 0 Å². The summed E-state index contributed by atoms with van der Waals surface area (Å²) in [7, 11) is 1.95. The molecule has 0 bridgehead atoms. The Hall–Kier alpha value is -2.14. The Bertz CT molecular complexity index is 628. The molecule has 1 aromatic carbocycles. The van der Waals surface area contributed by atoms with Crippen LogP contribution in [0.4, 0.5) is 5.69 Å². The van der Waals surface area contributed by atoms with E-state index in [0.717, 1.165) is 36.9 Å². The molecule has 0 atom stereocenters. The topological polar surface area (TPSA) is 73.7 Å². The van der Waals surface area contributed by atoms with Crippen molar-refractivity contribution in [2.45, 2.75) is 19.3 Å². The highest BCUT2D eigenvalue weighted by Gasteiger charge is 2.13. The summed E-state index contributed by atoms with van der Waals surface area (Å²) in [5, 5.41) is 18.9. The first-order valence-corrected chi connectivity index (χ1v) is 7.08. The van der Waals surface area contributed by atoms with Gasteiger partial charge in [0.2, 0.25) is 0 Å². The molecule has 0 spiro atoms. The smallest absolute Gasteiger partial charge is 0.354 e. The van der Waals surface area contributed by atoms with Gasteiger partial charge < -0.3 is 15.1 Å². The highest BCUT2D eigenvalue weighted by atomic mass is 16.4. The lowest BCUT2D eigenvalue weighted by molar-refractivity contribution is 0.0691. The maximum absolute atomic E-state index is 11.2.